The largest absolute Gasteiger partial charge is 0.490 e. The lowest BCUT2D eigenvalue weighted by atomic mass is 10.1. The van der Waals surface area contributed by atoms with Crippen LogP contribution in [-0.2, 0) is 6.61 Å². The van der Waals surface area contributed by atoms with Crippen molar-refractivity contribution in [2.75, 3.05) is 6.61 Å². The van der Waals surface area contributed by atoms with E-state index in [0.717, 1.165) is 19.7 Å². The maximum atomic E-state index is 14.0. The molecule has 0 aromatic heterocycles. The summed E-state index contributed by atoms with van der Waals surface area (Å²) in [5.41, 5.74) is 3.90. The molecule has 1 N–H and O–H groups in total. The number of halogens is 3. The van der Waals surface area contributed by atoms with Gasteiger partial charge in [0, 0.05) is 4.47 Å². The van der Waals surface area contributed by atoms with Crippen LogP contribution >= 0.6 is 38.5 Å². The average molecular weight is 622 g/mol. The maximum absolute atomic E-state index is 14.0. The highest BCUT2D eigenvalue weighted by molar-refractivity contribution is 14.1. The number of ether oxygens (including phenoxy) is 2. The maximum Gasteiger partial charge on any atom is 0.274 e. The summed E-state index contributed by atoms with van der Waals surface area (Å²) in [6.07, 6.45) is 1.43. The fourth-order valence-electron chi connectivity index (χ4n) is 2.80. The molecule has 1 amide bonds. The summed E-state index contributed by atoms with van der Waals surface area (Å²) in [4.78, 5) is 12.2. The summed E-state index contributed by atoms with van der Waals surface area (Å²) in [5.74, 6) is -0.349. The number of rotatable bonds is 8. The molecular formula is C24H18BrFIN3O3. The zero-order chi connectivity index (χ0) is 23.8. The third-order valence-corrected chi connectivity index (χ3v) is 5.68. The first-order valence-electron chi connectivity index (χ1n) is 9.78. The van der Waals surface area contributed by atoms with Gasteiger partial charge in [-0.15, -0.1) is 0 Å². The second-order valence-electron chi connectivity index (χ2n) is 6.68. The second-order valence-corrected chi connectivity index (χ2v) is 8.76. The van der Waals surface area contributed by atoms with E-state index in [9.17, 15) is 9.18 Å². The summed E-state index contributed by atoms with van der Waals surface area (Å²) in [7, 11) is 0. The van der Waals surface area contributed by atoms with Crippen LogP contribution in [0, 0.1) is 20.7 Å². The summed E-state index contributed by atoms with van der Waals surface area (Å²) in [6.45, 7) is 2.70. The SMILES string of the molecule is CCOc1cc(/C=N\NC(=O)c2ccc(C#N)cc2F)cc(I)c1OCc1ccc(Br)cc1. The molecule has 0 saturated heterocycles. The first-order chi connectivity index (χ1) is 15.9. The van der Waals surface area contributed by atoms with Crippen molar-refractivity contribution >= 4 is 50.6 Å². The number of nitriles is 1. The highest BCUT2D eigenvalue weighted by atomic mass is 127. The van der Waals surface area contributed by atoms with Crippen LogP contribution in [0.4, 0.5) is 4.39 Å². The standard InChI is InChI=1S/C24H18BrFIN3O3/c1-2-32-22-11-17(10-21(27)23(22)33-14-15-3-6-18(25)7-4-15)13-29-30-24(31)19-8-5-16(12-28)9-20(19)26/h3-11,13H,2,14H2,1H3,(H,30,31)/b29-13-. The Morgan fingerprint density at radius 2 is 1.97 bits per heavy atom. The molecule has 0 fully saturated rings. The predicted molar refractivity (Wildman–Crippen MR) is 135 cm³/mol. The zero-order valence-electron chi connectivity index (χ0n) is 17.4. The van der Waals surface area contributed by atoms with Crippen LogP contribution in [0.25, 0.3) is 0 Å². The Labute approximate surface area is 212 Å². The van der Waals surface area contributed by atoms with Crippen LogP contribution in [0.2, 0.25) is 0 Å². The van der Waals surface area contributed by atoms with Crippen molar-refractivity contribution in [3.63, 3.8) is 0 Å². The van der Waals surface area contributed by atoms with Crippen LogP contribution in [-0.4, -0.2) is 18.7 Å². The monoisotopic (exact) mass is 621 g/mol. The molecule has 0 aliphatic heterocycles. The average Bonchev–Trinajstić information content (AvgIpc) is 2.79. The van der Waals surface area contributed by atoms with Gasteiger partial charge in [0.1, 0.15) is 12.4 Å². The van der Waals surface area contributed by atoms with Crippen molar-refractivity contribution in [1.82, 2.24) is 5.43 Å². The van der Waals surface area contributed by atoms with Crippen molar-refractivity contribution in [2.24, 2.45) is 5.10 Å². The van der Waals surface area contributed by atoms with E-state index >= 15 is 0 Å². The number of hydrogen-bond acceptors (Lipinski definition) is 5. The van der Waals surface area contributed by atoms with Gasteiger partial charge in [0.25, 0.3) is 5.91 Å². The molecule has 0 unspecified atom stereocenters. The first kappa shape index (κ1) is 24.7. The van der Waals surface area contributed by atoms with E-state index in [4.69, 9.17) is 14.7 Å². The minimum atomic E-state index is -0.790. The predicted octanol–water partition coefficient (Wildman–Crippen LogP) is 5.81. The molecule has 0 aliphatic carbocycles. The molecule has 0 radical (unpaired) electrons. The van der Waals surface area contributed by atoms with Gasteiger partial charge in [-0.25, -0.2) is 9.82 Å². The molecule has 168 valence electrons. The van der Waals surface area contributed by atoms with Gasteiger partial charge in [-0.1, -0.05) is 28.1 Å². The summed E-state index contributed by atoms with van der Waals surface area (Å²) < 4.78 is 27.5. The Kier molecular flexibility index (Phi) is 8.79. The summed E-state index contributed by atoms with van der Waals surface area (Å²) in [6, 6.07) is 16.8. The lowest BCUT2D eigenvalue weighted by Crippen LogP contribution is -2.19. The van der Waals surface area contributed by atoms with Gasteiger partial charge in [0.05, 0.1) is 33.6 Å². The van der Waals surface area contributed by atoms with Gasteiger partial charge in [-0.3, -0.25) is 4.79 Å². The third-order valence-electron chi connectivity index (χ3n) is 4.35. The van der Waals surface area contributed by atoms with Crippen LogP contribution in [0.5, 0.6) is 11.5 Å². The molecule has 9 heteroatoms. The van der Waals surface area contributed by atoms with E-state index < -0.39 is 11.7 Å². The van der Waals surface area contributed by atoms with Gasteiger partial charge in [0.2, 0.25) is 0 Å². The summed E-state index contributed by atoms with van der Waals surface area (Å²) >= 11 is 5.56. The first-order valence-corrected chi connectivity index (χ1v) is 11.6. The number of carbonyl (C=O) groups excluding carboxylic acids is 1. The van der Waals surface area contributed by atoms with Crippen molar-refractivity contribution in [3.05, 3.63) is 90.7 Å². The smallest absolute Gasteiger partial charge is 0.274 e. The molecule has 3 aromatic carbocycles. The molecular weight excluding hydrogens is 604 g/mol. The molecule has 0 spiro atoms. The Balaban J connectivity index is 1.72. The minimum Gasteiger partial charge on any atom is -0.490 e. The van der Waals surface area contributed by atoms with Gasteiger partial charge in [-0.2, -0.15) is 10.4 Å². The van der Waals surface area contributed by atoms with Crippen molar-refractivity contribution in [1.29, 1.82) is 5.26 Å². The van der Waals surface area contributed by atoms with Crippen LogP contribution in [0.1, 0.15) is 34.0 Å². The number of hydrazone groups is 1. The van der Waals surface area contributed by atoms with E-state index in [0.29, 0.717) is 30.3 Å². The molecule has 3 rings (SSSR count). The fraction of sp³-hybridized carbons (Fsp3) is 0.125. The molecule has 0 saturated carbocycles. The molecule has 0 atom stereocenters. The van der Waals surface area contributed by atoms with E-state index in [-0.39, 0.29) is 11.1 Å². The van der Waals surface area contributed by atoms with E-state index in [1.165, 1.54) is 18.3 Å². The van der Waals surface area contributed by atoms with Crippen molar-refractivity contribution in [3.8, 4) is 17.6 Å². The van der Waals surface area contributed by atoms with E-state index in [1.54, 1.807) is 6.07 Å². The van der Waals surface area contributed by atoms with E-state index in [2.05, 4.69) is 49.0 Å². The molecule has 0 heterocycles. The second kappa shape index (κ2) is 11.8. The normalized spacial score (nSPS) is 10.6. The minimum absolute atomic E-state index is 0.132. The Hall–Kier alpha value is -2.97. The molecule has 0 aliphatic rings. The third kappa shape index (κ3) is 6.76. The fourth-order valence-corrected chi connectivity index (χ4v) is 3.84. The Morgan fingerprint density at radius 1 is 1.21 bits per heavy atom. The number of benzene rings is 3. The van der Waals surface area contributed by atoms with Gasteiger partial charge >= 0.3 is 0 Å². The van der Waals surface area contributed by atoms with Crippen LogP contribution < -0.4 is 14.9 Å². The number of nitrogens with zero attached hydrogens (tertiary/aromatic N) is 2. The Morgan fingerprint density at radius 3 is 2.64 bits per heavy atom. The van der Waals surface area contributed by atoms with Crippen molar-refractivity contribution < 1.29 is 18.7 Å². The quantitative estimate of drug-likeness (QED) is 0.196. The number of carbonyl (C=O) groups is 1. The number of amides is 1. The lowest BCUT2D eigenvalue weighted by Gasteiger charge is -2.15. The highest BCUT2D eigenvalue weighted by Crippen LogP contribution is 2.34. The lowest BCUT2D eigenvalue weighted by molar-refractivity contribution is 0.0951. The van der Waals surface area contributed by atoms with Crippen LogP contribution in [0.3, 0.4) is 0 Å². The van der Waals surface area contributed by atoms with Gasteiger partial charge < -0.3 is 9.47 Å². The Bertz CT molecular complexity index is 1230. The van der Waals surface area contributed by atoms with Crippen LogP contribution in [0.15, 0.2) is 64.2 Å². The number of hydrogen-bond donors (Lipinski definition) is 1. The van der Waals surface area contributed by atoms with E-state index in [1.807, 2.05) is 43.3 Å². The topological polar surface area (TPSA) is 83.7 Å². The molecule has 0 bridgehead atoms. The number of nitrogens with one attached hydrogen (secondary N) is 1. The van der Waals surface area contributed by atoms with Gasteiger partial charge in [-0.05, 0) is 83.1 Å². The molecule has 6 nitrogen and oxygen atoms in total. The zero-order valence-corrected chi connectivity index (χ0v) is 21.2. The molecule has 33 heavy (non-hydrogen) atoms. The molecule has 3 aromatic rings. The highest BCUT2D eigenvalue weighted by Gasteiger charge is 2.14. The summed E-state index contributed by atoms with van der Waals surface area (Å²) in [5, 5.41) is 12.7. The van der Waals surface area contributed by atoms with Crippen molar-refractivity contribution in [2.45, 2.75) is 13.5 Å². The van der Waals surface area contributed by atoms with Gasteiger partial charge in [0.15, 0.2) is 11.5 Å².